The Hall–Kier alpha value is -1.60. The fourth-order valence-electron chi connectivity index (χ4n) is 2.53. The number of carbonyl (C=O) groups excluding carboxylic acids is 1. The highest BCUT2D eigenvalue weighted by Crippen LogP contribution is 2.13. The molecule has 0 saturated carbocycles. The van der Waals surface area contributed by atoms with Gasteiger partial charge in [0.05, 0.1) is 12.2 Å². The Balaban J connectivity index is 1.75. The van der Waals surface area contributed by atoms with Crippen molar-refractivity contribution in [1.82, 2.24) is 15.4 Å². The van der Waals surface area contributed by atoms with Crippen LogP contribution in [0, 0.1) is 6.92 Å². The molecule has 1 aromatic heterocycles. The van der Waals surface area contributed by atoms with Gasteiger partial charge in [-0.25, -0.2) is 4.79 Å². The summed E-state index contributed by atoms with van der Waals surface area (Å²) >= 11 is 0. The number of carbonyl (C=O) groups is 1. The maximum absolute atomic E-state index is 11.8. The Morgan fingerprint density at radius 3 is 2.71 bits per heavy atom. The monoisotopic (exact) mass is 296 g/mol. The van der Waals surface area contributed by atoms with Crippen LogP contribution in [0.15, 0.2) is 10.6 Å². The van der Waals surface area contributed by atoms with Gasteiger partial charge < -0.3 is 14.6 Å². The summed E-state index contributed by atoms with van der Waals surface area (Å²) in [5, 5.41) is 9.21. The maximum atomic E-state index is 11.8. The first-order valence-corrected chi connectivity index (χ1v) is 7.31. The zero-order valence-corrected chi connectivity index (χ0v) is 13.0. The van der Waals surface area contributed by atoms with Gasteiger partial charge in [0.15, 0.2) is 5.82 Å². The molecule has 21 heavy (non-hydrogen) atoms. The summed E-state index contributed by atoms with van der Waals surface area (Å²) in [4.78, 5) is 14.1. The molecular formula is C14H24N4O3. The van der Waals surface area contributed by atoms with Gasteiger partial charge in [-0.05, 0) is 27.7 Å². The molecular weight excluding hydrogens is 272 g/mol. The van der Waals surface area contributed by atoms with Crippen molar-refractivity contribution in [3.05, 3.63) is 11.8 Å². The number of morpholine rings is 1. The average molecular weight is 296 g/mol. The molecule has 0 aromatic carbocycles. The van der Waals surface area contributed by atoms with Crippen LogP contribution in [-0.4, -0.2) is 54.0 Å². The molecule has 0 spiro atoms. The summed E-state index contributed by atoms with van der Waals surface area (Å²) in [5.74, 6) is 1.08. The maximum Gasteiger partial charge on any atom is 0.320 e. The Morgan fingerprint density at radius 2 is 2.14 bits per heavy atom. The van der Waals surface area contributed by atoms with E-state index in [4.69, 9.17) is 9.26 Å². The number of urea groups is 1. The van der Waals surface area contributed by atoms with Crippen LogP contribution in [0.4, 0.5) is 10.6 Å². The molecule has 2 rings (SSSR count). The number of aromatic nitrogens is 1. The topological polar surface area (TPSA) is 79.6 Å². The minimum Gasteiger partial charge on any atom is -0.373 e. The van der Waals surface area contributed by atoms with Crippen LogP contribution in [0.25, 0.3) is 0 Å². The zero-order chi connectivity index (χ0) is 15.4. The van der Waals surface area contributed by atoms with E-state index in [1.54, 1.807) is 13.0 Å². The summed E-state index contributed by atoms with van der Waals surface area (Å²) in [6, 6.07) is 1.65. The van der Waals surface area contributed by atoms with Crippen LogP contribution >= 0.6 is 0 Å². The minimum atomic E-state index is -0.274. The van der Waals surface area contributed by atoms with E-state index < -0.39 is 0 Å². The van der Waals surface area contributed by atoms with E-state index in [1.165, 1.54) is 0 Å². The van der Waals surface area contributed by atoms with Crippen LogP contribution in [0.2, 0.25) is 0 Å². The van der Waals surface area contributed by atoms with Gasteiger partial charge >= 0.3 is 6.03 Å². The lowest BCUT2D eigenvalue weighted by atomic mass is 10.2. The molecule has 0 unspecified atom stereocenters. The smallest absolute Gasteiger partial charge is 0.320 e. The second-order valence-electron chi connectivity index (χ2n) is 5.72. The number of amides is 2. The van der Waals surface area contributed by atoms with Gasteiger partial charge in [0.2, 0.25) is 0 Å². The van der Waals surface area contributed by atoms with Gasteiger partial charge in [-0.15, -0.1) is 0 Å². The Kier molecular flexibility index (Phi) is 5.19. The van der Waals surface area contributed by atoms with E-state index in [2.05, 4.69) is 41.5 Å². The average Bonchev–Trinajstić information content (AvgIpc) is 2.80. The lowest BCUT2D eigenvalue weighted by Gasteiger charge is -2.38. The van der Waals surface area contributed by atoms with Crippen LogP contribution in [0.5, 0.6) is 0 Å². The van der Waals surface area contributed by atoms with Gasteiger partial charge in [0.1, 0.15) is 5.76 Å². The Bertz CT molecular complexity index is 467. The highest BCUT2D eigenvalue weighted by Gasteiger charge is 2.25. The lowest BCUT2D eigenvalue weighted by Crippen LogP contribution is -2.52. The molecule has 2 N–H and O–H groups in total. The number of hydrogen-bond donors (Lipinski definition) is 2. The number of anilines is 1. The lowest BCUT2D eigenvalue weighted by molar-refractivity contribution is -0.0777. The number of ether oxygens (including phenoxy) is 1. The molecule has 118 valence electrons. The second kappa shape index (κ2) is 6.91. The number of nitrogens with one attached hydrogen (secondary N) is 2. The highest BCUT2D eigenvalue weighted by molar-refractivity contribution is 5.88. The van der Waals surface area contributed by atoms with E-state index in [0.717, 1.165) is 13.1 Å². The number of hydrogen-bond acceptors (Lipinski definition) is 5. The molecule has 2 amide bonds. The predicted molar refractivity (Wildman–Crippen MR) is 79.3 cm³/mol. The molecule has 7 heteroatoms. The fourth-order valence-corrected chi connectivity index (χ4v) is 2.53. The van der Waals surface area contributed by atoms with Crippen molar-refractivity contribution < 1.29 is 14.1 Å². The van der Waals surface area contributed by atoms with Gasteiger partial charge in [-0.1, -0.05) is 5.16 Å². The van der Waals surface area contributed by atoms with Gasteiger partial charge in [0, 0.05) is 31.7 Å². The molecule has 1 aromatic rings. The highest BCUT2D eigenvalue weighted by atomic mass is 16.5. The first-order chi connectivity index (χ1) is 9.94. The summed E-state index contributed by atoms with van der Waals surface area (Å²) in [6.45, 7) is 10.4. The summed E-state index contributed by atoms with van der Waals surface area (Å²) < 4.78 is 10.6. The molecule has 7 nitrogen and oxygen atoms in total. The van der Waals surface area contributed by atoms with E-state index >= 15 is 0 Å². The van der Waals surface area contributed by atoms with Crippen molar-refractivity contribution in [3.8, 4) is 0 Å². The van der Waals surface area contributed by atoms with Gasteiger partial charge in [-0.3, -0.25) is 10.2 Å². The van der Waals surface area contributed by atoms with E-state index in [9.17, 15) is 4.79 Å². The van der Waals surface area contributed by atoms with Crippen LogP contribution < -0.4 is 10.6 Å². The van der Waals surface area contributed by atoms with Crippen molar-refractivity contribution in [2.24, 2.45) is 0 Å². The molecule has 0 radical (unpaired) electrons. The molecule has 1 saturated heterocycles. The Labute approximate surface area is 125 Å². The van der Waals surface area contributed by atoms with Crippen LogP contribution in [-0.2, 0) is 4.74 Å². The predicted octanol–water partition coefficient (Wildman–Crippen LogP) is 1.60. The molecule has 1 aliphatic heterocycles. The third-order valence-electron chi connectivity index (χ3n) is 3.50. The first kappa shape index (κ1) is 15.8. The normalized spacial score (nSPS) is 24.6. The zero-order valence-electron chi connectivity index (χ0n) is 13.0. The summed E-state index contributed by atoms with van der Waals surface area (Å²) in [6.07, 6.45) is 0.450. The van der Waals surface area contributed by atoms with E-state index in [-0.39, 0.29) is 24.3 Å². The number of rotatable bonds is 4. The molecule has 3 atom stereocenters. The minimum absolute atomic E-state index is 0.225. The fraction of sp³-hybridized carbons (Fsp3) is 0.714. The molecule has 0 aliphatic carbocycles. The SMILES string of the molecule is Cc1cc(NC(=O)NC[C@H](C)N2C[C@H](C)O[C@@H](C)C2)no1. The molecule has 1 aliphatic rings. The van der Waals surface area contributed by atoms with Crippen molar-refractivity contribution in [2.45, 2.75) is 45.9 Å². The molecule has 1 fully saturated rings. The van der Waals surface area contributed by atoms with Crippen LogP contribution in [0.3, 0.4) is 0 Å². The van der Waals surface area contributed by atoms with Crippen molar-refractivity contribution in [2.75, 3.05) is 25.0 Å². The largest absolute Gasteiger partial charge is 0.373 e. The number of nitrogens with zero attached hydrogens (tertiary/aromatic N) is 2. The van der Waals surface area contributed by atoms with E-state index in [0.29, 0.717) is 18.1 Å². The molecule has 2 heterocycles. The summed E-state index contributed by atoms with van der Waals surface area (Å²) in [5.41, 5.74) is 0. The van der Waals surface area contributed by atoms with Crippen molar-refractivity contribution >= 4 is 11.8 Å². The van der Waals surface area contributed by atoms with Crippen molar-refractivity contribution in [3.63, 3.8) is 0 Å². The number of aryl methyl sites for hydroxylation is 1. The third-order valence-corrected chi connectivity index (χ3v) is 3.50. The van der Waals surface area contributed by atoms with Crippen LogP contribution in [0.1, 0.15) is 26.5 Å². The standard InChI is InChI=1S/C14H24N4O3/c1-9(18-7-11(3)20-12(4)8-18)6-15-14(19)16-13-5-10(2)21-17-13/h5,9,11-12H,6-8H2,1-4H3,(H2,15,16,17,19)/t9-,11-,12-/m0/s1. The molecule has 0 bridgehead atoms. The Morgan fingerprint density at radius 1 is 1.48 bits per heavy atom. The summed E-state index contributed by atoms with van der Waals surface area (Å²) in [7, 11) is 0. The second-order valence-corrected chi connectivity index (χ2v) is 5.72. The third kappa shape index (κ3) is 4.71. The first-order valence-electron chi connectivity index (χ1n) is 7.31. The van der Waals surface area contributed by atoms with E-state index in [1.807, 2.05) is 0 Å². The van der Waals surface area contributed by atoms with Crippen molar-refractivity contribution in [1.29, 1.82) is 0 Å². The quantitative estimate of drug-likeness (QED) is 0.882. The van der Waals surface area contributed by atoms with Gasteiger partial charge in [0.25, 0.3) is 0 Å². The van der Waals surface area contributed by atoms with Gasteiger partial charge in [-0.2, -0.15) is 0 Å².